The normalized spacial score (nSPS) is 11.9. The standard InChI is InChI=1S/C12H18O2S/c1-11(2)15(13,14)10-6-9-12-7-4-3-5-8-12/h3-5,7-8,11H,6,9-10H2,1-2H3. The SMILES string of the molecule is CC(C)S(=O)(=O)CCCc1ccccc1. The maximum atomic E-state index is 11.5. The van der Waals surface area contributed by atoms with Crippen molar-refractivity contribution < 1.29 is 8.42 Å². The Labute approximate surface area is 92.2 Å². The van der Waals surface area contributed by atoms with E-state index in [4.69, 9.17) is 0 Å². The summed E-state index contributed by atoms with van der Waals surface area (Å²) < 4.78 is 23.0. The smallest absolute Gasteiger partial charge is 0.152 e. The summed E-state index contributed by atoms with van der Waals surface area (Å²) in [5.74, 6) is 0.291. The van der Waals surface area contributed by atoms with E-state index in [1.54, 1.807) is 13.8 Å². The Morgan fingerprint density at radius 1 is 1.13 bits per heavy atom. The second kappa shape index (κ2) is 5.31. The molecule has 0 atom stereocenters. The van der Waals surface area contributed by atoms with Crippen LogP contribution < -0.4 is 0 Å². The van der Waals surface area contributed by atoms with Gasteiger partial charge in [-0.1, -0.05) is 30.3 Å². The van der Waals surface area contributed by atoms with Gasteiger partial charge in [0.25, 0.3) is 0 Å². The van der Waals surface area contributed by atoms with Crippen LogP contribution in [0.2, 0.25) is 0 Å². The van der Waals surface area contributed by atoms with Crippen molar-refractivity contribution in [2.75, 3.05) is 5.75 Å². The molecule has 0 aliphatic heterocycles. The molecule has 0 unspecified atom stereocenters. The number of hydrogen-bond donors (Lipinski definition) is 0. The third kappa shape index (κ3) is 4.04. The molecule has 1 aromatic rings. The monoisotopic (exact) mass is 226 g/mol. The first-order valence-electron chi connectivity index (χ1n) is 5.28. The van der Waals surface area contributed by atoms with E-state index in [1.807, 2.05) is 30.3 Å². The molecule has 15 heavy (non-hydrogen) atoms. The highest BCUT2D eigenvalue weighted by molar-refractivity contribution is 7.91. The zero-order valence-corrected chi connectivity index (χ0v) is 10.1. The first-order chi connectivity index (χ1) is 7.02. The second-order valence-electron chi connectivity index (χ2n) is 4.00. The van der Waals surface area contributed by atoms with Gasteiger partial charge < -0.3 is 0 Å². The van der Waals surface area contributed by atoms with Crippen LogP contribution in [-0.2, 0) is 16.3 Å². The van der Waals surface area contributed by atoms with Crippen molar-refractivity contribution in [1.82, 2.24) is 0 Å². The molecule has 0 amide bonds. The average molecular weight is 226 g/mol. The van der Waals surface area contributed by atoms with E-state index in [1.165, 1.54) is 5.56 Å². The van der Waals surface area contributed by atoms with E-state index in [-0.39, 0.29) is 5.25 Å². The maximum Gasteiger partial charge on any atom is 0.152 e. The van der Waals surface area contributed by atoms with Crippen LogP contribution in [0.5, 0.6) is 0 Å². The van der Waals surface area contributed by atoms with Crippen LogP contribution in [0.1, 0.15) is 25.8 Å². The third-order valence-corrected chi connectivity index (χ3v) is 4.75. The van der Waals surface area contributed by atoms with Crippen LogP contribution in [0, 0.1) is 0 Å². The summed E-state index contributed by atoms with van der Waals surface area (Å²) in [5, 5.41) is -0.256. The van der Waals surface area contributed by atoms with E-state index in [2.05, 4.69) is 0 Å². The molecule has 84 valence electrons. The van der Waals surface area contributed by atoms with Gasteiger partial charge in [-0.3, -0.25) is 0 Å². The number of aryl methyl sites for hydroxylation is 1. The summed E-state index contributed by atoms with van der Waals surface area (Å²) in [6.07, 6.45) is 1.55. The topological polar surface area (TPSA) is 34.1 Å². The molecule has 3 heteroatoms. The molecular weight excluding hydrogens is 208 g/mol. The van der Waals surface area contributed by atoms with Gasteiger partial charge in [-0.15, -0.1) is 0 Å². The zero-order chi connectivity index (χ0) is 11.3. The predicted molar refractivity (Wildman–Crippen MR) is 63.7 cm³/mol. The molecule has 0 fully saturated rings. The first kappa shape index (κ1) is 12.2. The maximum absolute atomic E-state index is 11.5. The fourth-order valence-corrected chi connectivity index (χ4v) is 2.38. The molecule has 0 heterocycles. The molecule has 2 nitrogen and oxygen atoms in total. The van der Waals surface area contributed by atoms with Crippen molar-refractivity contribution >= 4 is 9.84 Å². The minimum atomic E-state index is -2.87. The molecule has 0 radical (unpaired) electrons. The van der Waals surface area contributed by atoms with Gasteiger partial charge in [0.05, 0.1) is 11.0 Å². The Morgan fingerprint density at radius 2 is 1.73 bits per heavy atom. The lowest BCUT2D eigenvalue weighted by atomic mass is 10.1. The van der Waals surface area contributed by atoms with E-state index in [9.17, 15) is 8.42 Å². The fraction of sp³-hybridized carbons (Fsp3) is 0.500. The molecule has 0 spiro atoms. The van der Waals surface area contributed by atoms with Gasteiger partial charge in [0.2, 0.25) is 0 Å². The van der Waals surface area contributed by atoms with Crippen LogP contribution in [0.25, 0.3) is 0 Å². The summed E-state index contributed by atoms with van der Waals surface area (Å²) in [4.78, 5) is 0. The molecule has 0 N–H and O–H groups in total. The quantitative estimate of drug-likeness (QED) is 0.773. The number of sulfone groups is 1. The highest BCUT2D eigenvalue weighted by atomic mass is 32.2. The summed E-state index contributed by atoms with van der Waals surface area (Å²) in [6.45, 7) is 3.47. The van der Waals surface area contributed by atoms with Crippen LogP contribution >= 0.6 is 0 Å². The molecule has 0 saturated heterocycles. The number of benzene rings is 1. The molecule has 1 rings (SSSR count). The van der Waals surface area contributed by atoms with Gasteiger partial charge >= 0.3 is 0 Å². The molecule has 0 saturated carbocycles. The fourth-order valence-electron chi connectivity index (χ4n) is 1.36. The van der Waals surface area contributed by atoms with Crippen LogP contribution in [0.4, 0.5) is 0 Å². The van der Waals surface area contributed by atoms with Crippen LogP contribution in [0.15, 0.2) is 30.3 Å². The van der Waals surface area contributed by atoms with Crippen LogP contribution in [0.3, 0.4) is 0 Å². The lowest BCUT2D eigenvalue weighted by molar-refractivity contribution is 0.584. The Bertz CT molecular complexity index is 379. The van der Waals surface area contributed by atoms with Crippen molar-refractivity contribution in [1.29, 1.82) is 0 Å². The highest BCUT2D eigenvalue weighted by Gasteiger charge is 2.14. The van der Waals surface area contributed by atoms with Crippen molar-refractivity contribution in [3.63, 3.8) is 0 Å². The first-order valence-corrected chi connectivity index (χ1v) is 6.99. The van der Waals surface area contributed by atoms with Crippen molar-refractivity contribution in [3.8, 4) is 0 Å². The van der Waals surface area contributed by atoms with Crippen LogP contribution in [-0.4, -0.2) is 19.4 Å². The largest absolute Gasteiger partial charge is 0.229 e. The van der Waals surface area contributed by atoms with Gasteiger partial charge in [-0.2, -0.15) is 0 Å². The molecule has 0 aliphatic rings. The third-order valence-electron chi connectivity index (χ3n) is 2.46. The summed E-state index contributed by atoms with van der Waals surface area (Å²) in [5.41, 5.74) is 1.21. The van der Waals surface area contributed by atoms with Gasteiger partial charge in [-0.25, -0.2) is 8.42 Å². The molecule has 0 aromatic heterocycles. The summed E-state index contributed by atoms with van der Waals surface area (Å²) >= 11 is 0. The molecular formula is C12H18O2S. The van der Waals surface area contributed by atoms with Gasteiger partial charge in [0.15, 0.2) is 9.84 Å². The second-order valence-corrected chi connectivity index (χ2v) is 6.68. The van der Waals surface area contributed by atoms with Crippen molar-refractivity contribution in [2.24, 2.45) is 0 Å². The minimum absolute atomic E-state index is 0.256. The van der Waals surface area contributed by atoms with Crippen molar-refractivity contribution in [3.05, 3.63) is 35.9 Å². The van der Waals surface area contributed by atoms with Gasteiger partial charge in [0, 0.05) is 0 Å². The number of hydrogen-bond acceptors (Lipinski definition) is 2. The van der Waals surface area contributed by atoms with Gasteiger partial charge in [-0.05, 0) is 32.3 Å². The lowest BCUT2D eigenvalue weighted by Gasteiger charge is -2.07. The van der Waals surface area contributed by atoms with E-state index in [0.29, 0.717) is 12.2 Å². The Kier molecular flexibility index (Phi) is 4.33. The summed E-state index contributed by atoms with van der Waals surface area (Å²) in [6, 6.07) is 9.98. The predicted octanol–water partition coefficient (Wildman–Crippen LogP) is 2.44. The molecule has 0 bridgehead atoms. The minimum Gasteiger partial charge on any atom is -0.229 e. The Hall–Kier alpha value is -0.830. The highest BCUT2D eigenvalue weighted by Crippen LogP contribution is 2.07. The van der Waals surface area contributed by atoms with Crippen molar-refractivity contribution in [2.45, 2.75) is 31.9 Å². The average Bonchev–Trinajstić information content (AvgIpc) is 2.19. The number of rotatable bonds is 5. The van der Waals surface area contributed by atoms with E-state index < -0.39 is 9.84 Å². The van der Waals surface area contributed by atoms with E-state index in [0.717, 1.165) is 6.42 Å². The zero-order valence-electron chi connectivity index (χ0n) is 9.31. The Morgan fingerprint density at radius 3 is 2.27 bits per heavy atom. The van der Waals surface area contributed by atoms with E-state index >= 15 is 0 Å². The Balaban J connectivity index is 2.41. The van der Waals surface area contributed by atoms with Gasteiger partial charge in [0.1, 0.15) is 0 Å². The summed E-state index contributed by atoms with van der Waals surface area (Å²) in [7, 11) is -2.87. The lowest BCUT2D eigenvalue weighted by Crippen LogP contribution is -2.18. The molecule has 1 aromatic carbocycles. The molecule has 0 aliphatic carbocycles.